The SMILES string of the molecule is C#CCOc1cc(-n2cc(C)c3c2CC(C)(C)CC3=O)cc2ncnc(N)c12. The number of aryl methyl sites for hydroxylation is 1. The maximum Gasteiger partial charge on any atom is 0.165 e. The summed E-state index contributed by atoms with van der Waals surface area (Å²) in [6.07, 6.45) is 10.2. The Bertz CT molecular complexity index is 1150. The second-order valence-corrected chi connectivity index (χ2v) is 8.03. The quantitative estimate of drug-likeness (QED) is 0.710. The molecule has 6 nitrogen and oxygen atoms in total. The van der Waals surface area contributed by atoms with Crippen molar-refractivity contribution in [3.63, 3.8) is 0 Å². The third-order valence-corrected chi connectivity index (χ3v) is 5.17. The number of terminal acetylenes is 1. The Hall–Kier alpha value is -3.33. The summed E-state index contributed by atoms with van der Waals surface area (Å²) in [6, 6.07) is 3.81. The lowest BCUT2D eigenvalue weighted by atomic mass is 9.75. The van der Waals surface area contributed by atoms with Gasteiger partial charge in [0.2, 0.25) is 0 Å². The van der Waals surface area contributed by atoms with E-state index in [1.807, 2.05) is 25.3 Å². The number of benzene rings is 1. The van der Waals surface area contributed by atoms with Crippen LogP contribution < -0.4 is 10.5 Å². The van der Waals surface area contributed by atoms with Crippen molar-refractivity contribution in [3.8, 4) is 23.8 Å². The Kier molecular flexibility index (Phi) is 4.11. The highest BCUT2D eigenvalue weighted by Gasteiger charge is 2.34. The molecule has 0 amide bonds. The van der Waals surface area contributed by atoms with Crippen molar-refractivity contribution in [3.05, 3.63) is 41.5 Å². The van der Waals surface area contributed by atoms with Gasteiger partial charge in [-0.2, -0.15) is 0 Å². The fraction of sp³-hybridized carbons (Fsp3) is 0.318. The van der Waals surface area contributed by atoms with E-state index in [1.54, 1.807) is 0 Å². The molecule has 0 aliphatic heterocycles. The fourth-order valence-corrected chi connectivity index (χ4v) is 4.04. The molecular weight excluding hydrogens is 352 g/mol. The van der Waals surface area contributed by atoms with Crippen molar-refractivity contribution in [2.24, 2.45) is 5.41 Å². The smallest absolute Gasteiger partial charge is 0.165 e. The molecule has 1 aliphatic carbocycles. The summed E-state index contributed by atoms with van der Waals surface area (Å²) in [5.41, 5.74) is 10.3. The van der Waals surface area contributed by atoms with Gasteiger partial charge in [-0.1, -0.05) is 19.8 Å². The number of ketones is 1. The maximum atomic E-state index is 12.7. The van der Waals surface area contributed by atoms with E-state index in [0.717, 1.165) is 28.9 Å². The summed E-state index contributed by atoms with van der Waals surface area (Å²) in [5.74, 6) is 3.54. The number of aromatic nitrogens is 3. The van der Waals surface area contributed by atoms with Gasteiger partial charge >= 0.3 is 0 Å². The van der Waals surface area contributed by atoms with Crippen LogP contribution in [-0.4, -0.2) is 26.9 Å². The number of fused-ring (bicyclic) bond motifs is 2. The van der Waals surface area contributed by atoms with Crippen LogP contribution in [0.5, 0.6) is 5.75 Å². The van der Waals surface area contributed by atoms with Gasteiger partial charge in [0.25, 0.3) is 0 Å². The number of ether oxygens (including phenoxy) is 1. The summed E-state index contributed by atoms with van der Waals surface area (Å²) >= 11 is 0. The zero-order chi connectivity index (χ0) is 20.1. The van der Waals surface area contributed by atoms with Gasteiger partial charge in [0.1, 0.15) is 24.5 Å². The molecule has 0 bridgehead atoms. The van der Waals surface area contributed by atoms with E-state index in [4.69, 9.17) is 16.9 Å². The number of hydrogen-bond donors (Lipinski definition) is 1. The van der Waals surface area contributed by atoms with Crippen LogP contribution in [0.25, 0.3) is 16.6 Å². The fourth-order valence-electron chi connectivity index (χ4n) is 4.04. The molecule has 4 rings (SSSR count). The molecule has 6 heteroatoms. The molecule has 0 atom stereocenters. The molecule has 2 aromatic heterocycles. The molecule has 0 saturated carbocycles. The molecule has 0 spiro atoms. The van der Waals surface area contributed by atoms with Gasteiger partial charge in [-0.15, -0.1) is 6.42 Å². The van der Waals surface area contributed by atoms with Crippen LogP contribution in [0.2, 0.25) is 0 Å². The molecule has 142 valence electrons. The van der Waals surface area contributed by atoms with Crippen molar-refractivity contribution in [1.82, 2.24) is 14.5 Å². The van der Waals surface area contributed by atoms with Gasteiger partial charge in [-0.25, -0.2) is 9.97 Å². The van der Waals surface area contributed by atoms with Crippen LogP contribution in [0.4, 0.5) is 5.82 Å². The van der Waals surface area contributed by atoms with Crippen molar-refractivity contribution >= 4 is 22.5 Å². The van der Waals surface area contributed by atoms with Gasteiger partial charge in [0.05, 0.1) is 16.6 Å². The van der Waals surface area contributed by atoms with Gasteiger partial charge in [0, 0.05) is 29.9 Å². The summed E-state index contributed by atoms with van der Waals surface area (Å²) in [7, 11) is 0. The minimum Gasteiger partial charge on any atom is -0.480 e. The number of Topliss-reactive ketones (excluding diaryl/α,β-unsaturated/α-hetero) is 1. The first-order valence-electron chi connectivity index (χ1n) is 9.15. The molecule has 1 aliphatic rings. The zero-order valence-electron chi connectivity index (χ0n) is 16.2. The minimum absolute atomic E-state index is 0.0845. The summed E-state index contributed by atoms with van der Waals surface area (Å²) in [6.45, 7) is 6.33. The molecule has 3 aromatic rings. The summed E-state index contributed by atoms with van der Waals surface area (Å²) < 4.78 is 7.81. The van der Waals surface area contributed by atoms with Crippen LogP contribution in [0, 0.1) is 24.7 Å². The second-order valence-electron chi connectivity index (χ2n) is 8.03. The first kappa shape index (κ1) is 18.1. The van der Waals surface area contributed by atoms with Crippen molar-refractivity contribution < 1.29 is 9.53 Å². The Labute approximate surface area is 163 Å². The highest BCUT2D eigenvalue weighted by atomic mass is 16.5. The van der Waals surface area contributed by atoms with E-state index in [1.165, 1.54) is 6.33 Å². The number of nitrogens with zero attached hydrogens (tertiary/aromatic N) is 3. The van der Waals surface area contributed by atoms with E-state index in [-0.39, 0.29) is 17.8 Å². The van der Waals surface area contributed by atoms with Crippen molar-refractivity contribution in [2.75, 3.05) is 12.3 Å². The van der Waals surface area contributed by atoms with Gasteiger partial charge in [0.15, 0.2) is 5.78 Å². The van der Waals surface area contributed by atoms with E-state index < -0.39 is 0 Å². The number of hydrogen-bond acceptors (Lipinski definition) is 5. The topological polar surface area (TPSA) is 83.0 Å². The number of nitrogen functional groups attached to an aromatic ring is 1. The van der Waals surface area contributed by atoms with Crippen LogP contribution in [0.3, 0.4) is 0 Å². The first-order valence-corrected chi connectivity index (χ1v) is 9.15. The predicted octanol–water partition coefficient (Wildman–Crippen LogP) is 3.48. The molecule has 1 aromatic carbocycles. The lowest BCUT2D eigenvalue weighted by Crippen LogP contribution is -2.28. The monoisotopic (exact) mass is 374 g/mol. The van der Waals surface area contributed by atoms with Crippen LogP contribution >= 0.6 is 0 Å². The van der Waals surface area contributed by atoms with E-state index >= 15 is 0 Å². The van der Waals surface area contributed by atoms with E-state index in [0.29, 0.717) is 28.9 Å². The number of carbonyl (C=O) groups excluding carboxylic acids is 1. The average Bonchev–Trinajstić information content (AvgIpc) is 2.94. The Morgan fingerprint density at radius 2 is 2.11 bits per heavy atom. The standard InChI is InChI=1S/C22H22N4O2/c1-5-6-28-18-8-14(7-15-20(18)21(23)25-12-24-15)26-11-13(2)19-16(26)9-22(3,4)10-17(19)27/h1,7-8,11-12H,6,9-10H2,2-4H3,(H2,23,24,25). The van der Waals surface area contributed by atoms with Crippen molar-refractivity contribution in [1.29, 1.82) is 0 Å². The molecule has 0 unspecified atom stereocenters. The molecular formula is C22H22N4O2. The minimum atomic E-state index is -0.0845. The lowest BCUT2D eigenvalue weighted by Gasteiger charge is -2.30. The zero-order valence-corrected chi connectivity index (χ0v) is 16.2. The number of rotatable bonds is 3. The van der Waals surface area contributed by atoms with Gasteiger partial charge in [-0.05, 0) is 30.4 Å². The van der Waals surface area contributed by atoms with Crippen LogP contribution in [0.15, 0.2) is 24.7 Å². The molecule has 2 N–H and O–H groups in total. The van der Waals surface area contributed by atoms with E-state index in [2.05, 4.69) is 34.3 Å². The normalized spacial score (nSPS) is 15.3. The predicted molar refractivity (Wildman–Crippen MR) is 109 cm³/mol. The number of carbonyl (C=O) groups is 1. The second kappa shape index (κ2) is 6.38. The molecule has 2 heterocycles. The first-order chi connectivity index (χ1) is 13.3. The van der Waals surface area contributed by atoms with Crippen molar-refractivity contribution in [2.45, 2.75) is 33.6 Å². The lowest BCUT2D eigenvalue weighted by molar-refractivity contribution is 0.0910. The molecule has 0 saturated heterocycles. The highest BCUT2D eigenvalue weighted by molar-refractivity contribution is 6.00. The summed E-state index contributed by atoms with van der Waals surface area (Å²) in [4.78, 5) is 21.2. The van der Waals surface area contributed by atoms with E-state index in [9.17, 15) is 4.79 Å². The van der Waals surface area contributed by atoms with Crippen LogP contribution in [-0.2, 0) is 6.42 Å². The number of nitrogens with two attached hydrogens (primary N) is 1. The summed E-state index contributed by atoms with van der Waals surface area (Å²) in [5, 5.41) is 0.635. The Morgan fingerprint density at radius 3 is 2.86 bits per heavy atom. The molecule has 0 radical (unpaired) electrons. The third-order valence-electron chi connectivity index (χ3n) is 5.17. The van der Waals surface area contributed by atoms with Gasteiger partial charge < -0.3 is 15.0 Å². The highest BCUT2D eigenvalue weighted by Crippen LogP contribution is 2.39. The van der Waals surface area contributed by atoms with Crippen LogP contribution in [0.1, 0.15) is 41.9 Å². The molecule has 0 fully saturated rings. The van der Waals surface area contributed by atoms with Gasteiger partial charge in [-0.3, -0.25) is 4.79 Å². The largest absolute Gasteiger partial charge is 0.480 e. The maximum absolute atomic E-state index is 12.7. The third kappa shape index (κ3) is 2.89. The molecule has 28 heavy (non-hydrogen) atoms. The average molecular weight is 374 g/mol. The Morgan fingerprint density at radius 1 is 1.32 bits per heavy atom. The Balaban J connectivity index is 1.95. The number of anilines is 1.